The fraction of sp³-hybridized carbons (Fsp3) is 0.500. The number of halogens is 1. The van der Waals surface area contributed by atoms with Gasteiger partial charge in [-0.1, -0.05) is 0 Å². The Balaban J connectivity index is 2.64. The van der Waals surface area contributed by atoms with Gasteiger partial charge in [0.15, 0.2) is 0 Å². The van der Waals surface area contributed by atoms with Crippen molar-refractivity contribution in [2.45, 2.75) is 13.0 Å². The molecule has 0 spiro atoms. The predicted molar refractivity (Wildman–Crippen MR) is 70.5 cm³/mol. The molecule has 0 saturated carbocycles. The van der Waals surface area contributed by atoms with Gasteiger partial charge in [0.25, 0.3) is 5.56 Å². The summed E-state index contributed by atoms with van der Waals surface area (Å²) in [6.45, 7) is 0.394. The van der Waals surface area contributed by atoms with Gasteiger partial charge in [-0.25, -0.2) is 12.7 Å². The third-order valence-electron chi connectivity index (χ3n) is 2.31. The van der Waals surface area contributed by atoms with E-state index in [9.17, 15) is 13.2 Å². The Hall–Kier alpha value is -0.660. The Morgan fingerprint density at radius 1 is 1.35 bits per heavy atom. The molecular weight excluding hydrogens is 308 g/mol. The molecule has 0 atom stereocenters. The maximum Gasteiger partial charge on any atom is 0.250 e. The minimum Gasteiger partial charge on any atom is -0.314 e. The first-order valence-electron chi connectivity index (χ1n) is 5.09. The molecule has 5 nitrogen and oxygen atoms in total. The molecule has 0 bridgehead atoms. The van der Waals surface area contributed by atoms with Crippen molar-refractivity contribution in [1.29, 1.82) is 0 Å². The standard InChI is InChI=1S/C10H15BrN2O3S/c1-12(2)17(15,16)7-3-6-13-8-9(11)4-5-10(13)14/h4-5,8H,3,6-7H2,1-2H3. The van der Waals surface area contributed by atoms with Crippen molar-refractivity contribution in [1.82, 2.24) is 8.87 Å². The molecule has 0 fully saturated rings. The summed E-state index contributed by atoms with van der Waals surface area (Å²) in [6, 6.07) is 3.11. The lowest BCUT2D eigenvalue weighted by molar-refractivity contribution is 0.514. The summed E-state index contributed by atoms with van der Waals surface area (Å²) >= 11 is 3.26. The van der Waals surface area contributed by atoms with Crippen LogP contribution in [0.4, 0.5) is 0 Å². The monoisotopic (exact) mass is 322 g/mol. The van der Waals surface area contributed by atoms with E-state index in [1.807, 2.05) is 0 Å². The quantitative estimate of drug-likeness (QED) is 0.809. The number of sulfonamides is 1. The zero-order chi connectivity index (χ0) is 13.1. The van der Waals surface area contributed by atoms with Crippen LogP contribution in [0.3, 0.4) is 0 Å². The van der Waals surface area contributed by atoms with Gasteiger partial charge in [-0.05, 0) is 28.4 Å². The van der Waals surface area contributed by atoms with Crippen LogP contribution in [0.2, 0.25) is 0 Å². The van der Waals surface area contributed by atoms with E-state index in [4.69, 9.17) is 0 Å². The van der Waals surface area contributed by atoms with Crippen molar-refractivity contribution >= 4 is 26.0 Å². The average molecular weight is 323 g/mol. The molecule has 7 heteroatoms. The minimum absolute atomic E-state index is 0.0406. The smallest absolute Gasteiger partial charge is 0.250 e. The fourth-order valence-corrected chi connectivity index (χ4v) is 2.52. The highest BCUT2D eigenvalue weighted by Crippen LogP contribution is 2.06. The molecule has 1 aromatic heterocycles. The van der Waals surface area contributed by atoms with Crippen LogP contribution in [0.5, 0.6) is 0 Å². The van der Waals surface area contributed by atoms with Crippen LogP contribution in [0.15, 0.2) is 27.6 Å². The number of aromatic nitrogens is 1. The molecule has 1 aromatic rings. The summed E-state index contributed by atoms with van der Waals surface area (Å²) in [4.78, 5) is 11.4. The number of hydrogen-bond donors (Lipinski definition) is 0. The van der Waals surface area contributed by atoms with Crippen LogP contribution in [0, 0.1) is 0 Å². The predicted octanol–water partition coefficient (Wildman–Crippen LogP) is 0.892. The minimum atomic E-state index is -3.19. The topological polar surface area (TPSA) is 59.4 Å². The molecule has 0 aromatic carbocycles. The molecule has 1 rings (SSSR count). The van der Waals surface area contributed by atoms with Crippen molar-refractivity contribution in [3.63, 3.8) is 0 Å². The van der Waals surface area contributed by atoms with Gasteiger partial charge in [0.05, 0.1) is 5.75 Å². The summed E-state index contributed by atoms with van der Waals surface area (Å²) in [5.41, 5.74) is -0.129. The van der Waals surface area contributed by atoms with Crippen molar-refractivity contribution in [3.8, 4) is 0 Å². The highest BCUT2D eigenvalue weighted by molar-refractivity contribution is 9.10. The van der Waals surface area contributed by atoms with Gasteiger partial charge in [0.1, 0.15) is 0 Å². The Kier molecular flexibility index (Phi) is 4.91. The maximum atomic E-state index is 11.5. The zero-order valence-electron chi connectivity index (χ0n) is 9.76. The molecule has 1 heterocycles. The van der Waals surface area contributed by atoms with E-state index in [1.165, 1.54) is 29.0 Å². The Labute approximate surface area is 109 Å². The zero-order valence-corrected chi connectivity index (χ0v) is 12.2. The third-order valence-corrected chi connectivity index (χ3v) is 4.69. The molecule has 0 N–H and O–H groups in total. The summed E-state index contributed by atoms with van der Waals surface area (Å²) in [7, 11) is -0.184. The van der Waals surface area contributed by atoms with Crippen LogP contribution >= 0.6 is 15.9 Å². The van der Waals surface area contributed by atoms with Crippen LogP contribution < -0.4 is 5.56 Å². The number of nitrogens with zero attached hydrogens (tertiary/aromatic N) is 2. The Morgan fingerprint density at radius 3 is 2.59 bits per heavy atom. The molecular formula is C10H15BrN2O3S. The SMILES string of the molecule is CN(C)S(=O)(=O)CCCn1cc(Br)ccc1=O. The normalized spacial score (nSPS) is 12.0. The van der Waals surface area contributed by atoms with Crippen LogP contribution in [-0.4, -0.2) is 37.1 Å². The van der Waals surface area contributed by atoms with Gasteiger partial charge in [-0.2, -0.15) is 0 Å². The van der Waals surface area contributed by atoms with Gasteiger partial charge < -0.3 is 4.57 Å². The van der Waals surface area contributed by atoms with Crippen molar-refractivity contribution < 1.29 is 8.42 Å². The lowest BCUT2D eigenvalue weighted by Gasteiger charge is -2.11. The van der Waals surface area contributed by atoms with Crippen molar-refractivity contribution in [3.05, 3.63) is 33.2 Å². The second-order valence-corrected chi connectivity index (χ2v) is 7.05. The summed E-state index contributed by atoms with van der Waals surface area (Å²) < 4.78 is 26.5. The lowest BCUT2D eigenvalue weighted by atomic mass is 10.4. The maximum absolute atomic E-state index is 11.5. The van der Waals surface area contributed by atoms with Gasteiger partial charge in [-0.3, -0.25) is 4.79 Å². The molecule has 0 radical (unpaired) electrons. The van der Waals surface area contributed by atoms with Gasteiger partial charge in [0, 0.05) is 37.4 Å². The Bertz CT molecular complexity index is 537. The van der Waals surface area contributed by atoms with E-state index in [-0.39, 0.29) is 11.3 Å². The van der Waals surface area contributed by atoms with Gasteiger partial charge in [0.2, 0.25) is 10.0 Å². The summed E-state index contributed by atoms with van der Waals surface area (Å²) in [5.74, 6) is 0.0406. The number of aryl methyl sites for hydroxylation is 1. The second-order valence-electron chi connectivity index (χ2n) is 3.83. The van der Waals surface area contributed by atoms with E-state index in [1.54, 1.807) is 12.3 Å². The number of rotatable bonds is 5. The van der Waals surface area contributed by atoms with E-state index in [2.05, 4.69) is 15.9 Å². The molecule has 0 amide bonds. The molecule has 0 aliphatic heterocycles. The van der Waals surface area contributed by atoms with Gasteiger partial charge in [-0.15, -0.1) is 0 Å². The van der Waals surface area contributed by atoms with Crippen molar-refractivity contribution in [2.75, 3.05) is 19.8 Å². The molecule has 0 unspecified atom stereocenters. The summed E-state index contributed by atoms with van der Waals surface area (Å²) in [6.07, 6.45) is 2.07. The number of hydrogen-bond acceptors (Lipinski definition) is 3. The second kappa shape index (κ2) is 5.79. The van der Waals surface area contributed by atoms with Crippen LogP contribution in [0.1, 0.15) is 6.42 Å². The van der Waals surface area contributed by atoms with E-state index < -0.39 is 10.0 Å². The third kappa shape index (κ3) is 4.25. The van der Waals surface area contributed by atoms with Gasteiger partial charge >= 0.3 is 0 Å². The lowest BCUT2D eigenvalue weighted by Crippen LogP contribution is -2.27. The summed E-state index contributed by atoms with van der Waals surface area (Å²) in [5, 5.41) is 0. The number of pyridine rings is 1. The van der Waals surface area contributed by atoms with E-state index in [0.29, 0.717) is 13.0 Å². The van der Waals surface area contributed by atoms with Crippen LogP contribution in [-0.2, 0) is 16.6 Å². The first kappa shape index (κ1) is 14.4. The first-order chi connectivity index (χ1) is 7.83. The van der Waals surface area contributed by atoms with Crippen molar-refractivity contribution in [2.24, 2.45) is 0 Å². The largest absolute Gasteiger partial charge is 0.314 e. The molecule has 96 valence electrons. The first-order valence-corrected chi connectivity index (χ1v) is 7.49. The highest BCUT2D eigenvalue weighted by atomic mass is 79.9. The van der Waals surface area contributed by atoms with Crippen LogP contribution in [0.25, 0.3) is 0 Å². The Morgan fingerprint density at radius 2 is 2.00 bits per heavy atom. The molecule has 0 aliphatic rings. The molecule has 0 aliphatic carbocycles. The average Bonchev–Trinajstić information content (AvgIpc) is 2.22. The molecule has 0 saturated heterocycles. The van der Waals surface area contributed by atoms with E-state index in [0.717, 1.165) is 4.47 Å². The van der Waals surface area contributed by atoms with E-state index >= 15 is 0 Å². The highest BCUT2D eigenvalue weighted by Gasteiger charge is 2.12. The molecule has 17 heavy (non-hydrogen) atoms. The fourth-order valence-electron chi connectivity index (χ4n) is 1.28.